The molecule has 0 saturated carbocycles. The Morgan fingerprint density at radius 1 is 1.12 bits per heavy atom. The summed E-state index contributed by atoms with van der Waals surface area (Å²) >= 11 is 0. The van der Waals surface area contributed by atoms with Gasteiger partial charge in [0.05, 0.1) is 0 Å². The molecule has 2 nitrogen and oxygen atoms in total. The van der Waals surface area contributed by atoms with Gasteiger partial charge in [0, 0.05) is 0 Å². The van der Waals surface area contributed by atoms with Crippen molar-refractivity contribution < 1.29 is 21.6 Å². The van der Waals surface area contributed by atoms with Gasteiger partial charge in [-0.15, -0.1) is 0 Å². The Kier molecular flexibility index (Phi) is 3.82. The van der Waals surface area contributed by atoms with Crippen LogP contribution in [0.4, 0.5) is 21.6 Å². The van der Waals surface area contributed by atoms with E-state index in [1.54, 1.807) is 0 Å². The molecule has 98 valence electrons. The second kappa shape index (κ2) is 4.35. The molecule has 1 heterocycles. The zero-order valence-corrected chi connectivity index (χ0v) is 9.92. The van der Waals surface area contributed by atoms with Crippen LogP contribution >= 0.6 is 7.53 Å². The van der Waals surface area contributed by atoms with E-state index in [-0.39, 0.29) is 19.6 Å². The second-order valence-corrected chi connectivity index (χ2v) is 6.98. The van der Waals surface area contributed by atoms with Gasteiger partial charge < -0.3 is 0 Å². The van der Waals surface area contributed by atoms with Crippen LogP contribution < -0.4 is 5.09 Å². The molecule has 0 spiro atoms. The molecule has 0 atom stereocenters. The van der Waals surface area contributed by atoms with Crippen LogP contribution in [0.1, 0.15) is 26.2 Å². The first-order valence-corrected chi connectivity index (χ1v) is 7.22. The maximum atomic E-state index is 14.0. The first kappa shape index (κ1) is 14.1. The molecule has 0 aromatic carbocycles. The summed E-state index contributed by atoms with van der Waals surface area (Å²) in [5.41, 5.74) is 0. The summed E-state index contributed by atoms with van der Waals surface area (Å²) in [5.74, 6) is -5.49. The summed E-state index contributed by atoms with van der Waals surface area (Å²) in [7, 11) is -6.95. The van der Waals surface area contributed by atoms with E-state index in [0.717, 1.165) is 0 Å². The summed E-state index contributed by atoms with van der Waals surface area (Å²) in [6, 6.07) is 0. The molecule has 1 N–H and O–H groups in total. The minimum absolute atomic E-state index is 0.183. The monoisotopic (exact) mass is 266 g/mol. The van der Waals surface area contributed by atoms with Crippen molar-refractivity contribution in [3.05, 3.63) is 0 Å². The third-order valence-electron chi connectivity index (χ3n) is 2.69. The van der Waals surface area contributed by atoms with Crippen LogP contribution in [0.15, 0.2) is 0 Å². The number of rotatable bonds is 3. The number of nitrogens with zero attached hydrogens (tertiary/aromatic N) is 1. The van der Waals surface area contributed by atoms with E-state index in [9.17, 15) is 21.6 Å². The number of halogens is 5. The van der Waals surface area contributed by atoms with Gasteiger partial charge in [-0.2, -0.15) is 0 Å². The molecule has 0 radical (unpaired) electrons. The van der Waals surface area contributed by atoms with E-state index in [0.29, 0.717) is 23.9 Å². The molecule has 0 bridgehead atoms. The maximum absolute atomic E-state index is 14.0. The van der Waals surface area contributed by atoms with Crippen molar-refractivity contribution in [3.63, 3.8) is 0 Å². The van der Waals surface area contributed by atoms with Gasteiger partial charge in [-0.3, -0.25) is 0 Å². The van der Waals surface area contributed by atoms with Crippen molar-refractivity contribution in [3.8, 4) is 0 Å². The second-order valence-electron chi connectivity index (χ2n) is 3.86. The van der Waals surface area contributed by atoms with Crippen LogP contribution in [0.25, 0.3) is 0 Å². The van der Waals surface area contributed by atoms with E-state index in [1.807, 2.05) is 0 Å². The van der Waals surface area contributed by atoms with Crippen LogP contribution in [0.5, 0.6) is 0 Å². The molecule has 0 aromatic rings. The Balaban J connectivity index is 3.02. The number of hydrogen-bond donors (Lipinski definition) is 1. The fraction of sp³-hybridized carbons (Fsp3) is 1.00. The number of alkyl halides is 3. The summed E-state index contributed by atoms with van der Waals surface area (Å²) in [6.07, 6.45) is 1.51. The van der Waals surface area contributed by atoms with Crippen molar-refractivity contribution in [2.24, 2.45) is 0 Å². The van der Waals surface area contributed by atoms with E-state index < -0.39 is 13.4 Å². The van der Waals surface area contributed by atoms with Crippen molar-refractivity contribution in [2.75, 3.05) is 19.6 Å². The molecule has 1 aliphatic heterocycles. The van der Waals surface area contributed by atoms with Crippen LogP contribution in [0.2, 0.25) is 0 Å². The SMILES string of the molecule is CCNP(F)(F)(N1CCCCC1)C(F)(F)F. The van der Waals surface area contributed by atoms with Gasteiger partial charge in [-0.1, -0.05) is 0 Å². The predicted octanol–water partition coefficient (Wildman–Crippen LogP) is 3.75. The van der Waals surface area contributed by atoms with Crippen molar-refractivity contribution in [1.29, 1.82) is 0 Å². The van der Waals surface area contributed by atoms with E-state index in [1.165, 1.54) is 12.0 Å². The third kappa shape index (κ3) is 2.17. The van der Waals surface area contributed by atoms with Gasteiger partial charge in [0.25, 0.3) is 0 Å². The number of piperidine rings is 1. The average molecular weight is 266 g/mol. The molecule has 1 fully saturated rings. The zero-order valence-electron chi connectivity index (χ0n) is 9.03. The first-order valence-electron chi connectivity index (χ1n) is 5.25. The van der Waals surface area contributed by atoms with Crippen LogP contribution in [-0.4, -0.2) is 30.2 Å². The molecule has 1 aliphatic rings. The molecule has 1 rings (SSSR count). The van der Waals surface area contributed by atoms with E-state index >= 15 is 0 Å². The average Bonchev–Trinajstić information content (AvgIpc) is 2.18. The van der Waals surface area contributed by atoms with E-state index in [2.05, 4.69) is 0 Å². The van der Waals surface area contributed by atoms with Crippen molar-refractivity contribution in [2.45, 2.75) is 32.1 Å². The van der Waals surface area contributed by atoms with Crippen molar-refractivity contribution >= 4 is 7.53 Å². The van der Waals surface area contributed by atoms with Crippen LogP contribution in [0, 0.1) is 0 Å². The minimum atomic E-state index is -6.95. The van der Waals surface area contributed by atoms with Gasteiger partial charge in [-0.05, 0) is 0 Å². The fourth-order valence-corrected chi connectivity index (χ4v) is 4.07. The van der Waals surface area contributed by atoms with Crippen molar-refractivity contribution in [1.82, 2.24) is 9.76 Å². The topological polar surface area (TPSA) is 15.3 Å². The zero-order chi connectivity index (χ0) is 12.5. The summed E-state index contributed by atoms with van der Waals surface area (Å²) in [6.45, 7) is 0.506. The number of hydrogen-bond acceptors (Lipinski definition) is 2. The molecule has 0 amide bonds. The predicted molar refractivity (Wildman–Crippen MR) is 54.3 cm³/mol. The van der Waals surface area contributed by atoms with E-state index in [4.69, 9.17) is 0 Å². The molecular weight excluding hydrogens is 250 g/mol. The molecule has 0 unspecified atom stereocenters. The summed E-state index contributed by atoms with van der Waals surface area (Å²) in [4.78, 5) is 0. The first-order chi connectivity index (χ1) is 7.22. The molecule has 1 saturated heterocycles. The van der Waals surface area contributed by atoms with Gasteiger partial charge >= 0.3 is 90.6 Å². The van der Waals surface area contributed by atoms with Gasteiger partial charge in [0.15, 0.2) is 0 Å². The third-order valence-corrected chi connectivity index (χ3v) is 5.80. The molecule has 0 aliphatic carbocycles. The molecule has 0 aromatic heterocycles. The van der Waals surface area contributed by atoms with Gasteiger partial charge in [0.1, 0.15) is 0 Å². The summed E-state index contributed by atoms with van der Waals surface area (Å²) < 4.78 is 66.4. The molecule has 16 heavy (non-hydrogen) atoms. The number of nitrogens with one attached hydrogen (secondary N) is 1. The normalized spacial score (nSPS) is 22.8. The quantitative estimate of drug-likeness (QED) is 0.618. The van der Waals surface area contributed by atoms with Gasteiger partial charge in [-0.25, -0.2) is 0 Å². The van der Waals surface area contributed by atoms with Crippen LogP contribution in [0.3, 0.4) is 0 Å². The molecular formula is C8H16F5N2P. The Hall–Kier alpha value is -0.0000000000000000278. The Morgan fingerprint density at radius 2 is 1.62 bits per heavy atom. The Labute approximate surface area is 91.5 Å². The Bertz CT molecular complexity index is 249. The fourth-order valence-electron chi connectivity index (χ4n) is 1.85. The standard InChI is InChI=1S/C8H16F5N2P/c1-2-14-16(12,13,8(9,10)11)15-6-4-3-5-7-15/h14H,2-7H2,1H3. The molecule has 8 heteroatoms. The van der Waals surface area contributed by atoms with Gasteiger partial charge in [0.2, 0.25) is 0 Å². The Morgan fingerprint density at radius 3 is 2.00 bits per heavy atom. The summed E-state index contributed by atoms with van der Waals surface area (Å²) in [5, 5.41) is 1.44. The van der Waals surface area contributed by atoms with Crippen LogP contribution in [-0.2, 0) is 0 Å².